The monoisotopic (exact) mass is 399 g/mol. The van der Waals surface area contributed by atoms with Crippen LogP contribution >= 0.6 is 15.9 Å². The number of aromatic hydroxyl groups is 1. The van der Waals surface area contributed by atoms with Gasteiger partial charge >= 0.3 is 0 Å². The number of benzene rings is 1. The SMILES string of the molecule is Cc1ncc(CO)c(C=NNS(=O)(=O)c2ccc(Br)cc2)c1O. The Bertz CT molecular complexity index is 836. The van der Waals surface area contributed by atoms with Gasteiger partial charge in [-0.05, 0) is 31.2 Å². The van der Waals surface area contributed by atoms with Crippen LogP contribution in [0.3, 0.4) is 0 Å². The number of halogens is 1. The van der Waals surface area contributed by atoms with E-state index in [1.807, 2.05) is 0 Å². The van der Waals surface area contributed by atoms with Crippen LogP contribution in [-0.4, -0.2) is 29.8 Å². The number of hydrogen-bond donors (Lipinski definition) is 3. The Hall–Kier alpha value is -1.97. The number of sulfonamides is 1. The third kappa shape index (κ3) is 4.06. The van der Waals surface area contributed by atoms with Crippen LogP contribution < -0.4 is 4.83 Å². The van der Waals surface area contributed by atoms with Gasteiger partial charge in [0.2, 0.25) is 0 Å². The van der Waals surface area contributed by atoms with E-state index in [2.05, 4.69) is 30.8 Å². The van der Waals surface area contributed by atoms with E-state index in [0.717, 1.165) is 10.7 Å². The van der Waals surface area contributed by atoms with E-state index in [4.69, 9.17) is 0 Å². The van der Waals surface area contributed by atoms with Crippen LogP contribution in [0.1, 0.15) is 16.8 Å². The summed E-state index contributed by atoms with van der Waals surface area (Å²) >= 11 is 3.22. The highest BCUT2D eigenvalue weighted by atomic mass is 79.9. The molecule has 2 rings (SSSR count). The van der Waals surface area contributed by atoms with Gasteiger partial charge in [-0.25, -0.2) is 4.83 Å². The fourth-order valence-electron chi connectivity index (χ4n) is 1.75. The Morgan fingerprint density at radius 1 is 1.35 bits per heavy atom. The number of pyridine rings is 1. The smallest absolute Gasteiger partial charge is 0.276 e. The van der Waals surface area contributed by atoms with Gasteiger partial charge in [0.25, 0.3) is 10.0 Å². The average molecular weight is 400 g/mol. The normalized spacial score (nSPS) is 11.8. The van der Waals surface area contributed by atoms with Crippen LogP contribution in [-0.2, 0) is 16.6 Å². The fourth-order valence-corrected chi connectivity index (χ4v) is 2.80. The molecule has 23 heavy (non-hydrogen) atoms. The first-order valence-electron chi connectivity index (χ1n) is 6.44. The molecule has 122 valence electrons. The van der Waals surface area contributed by atoms with Crippen molar-refractivity contribution in [3.63, 3.8) is 0 Å². The molecule has 0 saturated heterocycles. The maximum atomic E-state index is 12.1. The molecule has 7 nitrogen and oxygen atoms in total. The molecule has 1 aromatic heterocycles. The minimum absolute atomic E-state index is 0.0513. The molecule has 0 saturated carbocycles. The van der Waals surface area contributed by atoms with Crippen molar-refractivity contribution in [3.8, 4) is 5.75 Å². The van der Waals surface area contributed by atoms with Crippen molar-refractivity contribution in [3.05, 3.63) is 51.8 Å². The van der Waals surface area contributed by atoms with Crippen molar-refractivity contribution in [1.82, 2.24) is 9.82 Å². The summed E-state index contributed by atoms with van der Waals surface area (Å²) in [6, 6.07) is 6.05. The van der Waals surface area contributed by atoms with Gasteiger partial charge in [0.1, 0.15) is 5.75 Å². The second-order valence-corrected chi connectivity index (χ2v) is 7.17. The average Bonchev–Trinajstić information content (AvgIpc) is 2.52. The van der Waals surface area contributed by atoms with E-state index < -0.39 is 10.0 Å². The zero-order valence-electron chi connectivity index (χ0n) is 12.1. The molecule has 0 fully saturated rings. The van der Waals surface area contributed by atoms with E-state index in [0.29, 0.717) is 11.3 Å². The summed E-state index contributed by atoms with van der Waals surface area (Å²) in [5.41, 5.74) is 0.887. The lowest BCUT2D eigenvalue weighted by Gasteiger charge is -2.07. The topological polar surface area (TPSA) is 112 Å². The number of nitrogens with zero attached hydrogens (tertiary/aromatic N) is 2. The van der Waals surface area contributed by atoms with Gasteiger partial charge in [-0.15, -0.1) is 0 Å². The summed E-state index contributed by atoms with van der Waals surface area (Å²) < 4.78 is 24.9. The molecule has 0 aliphatic heterocycles. The van der Waals surface area contributed by atoms with Gasteiger partial charge in [0, 0.05) is 21.8 Å². The molecular formula is C14H14BrN3O4S. The number of aliphatic hydroxyl groups is 1. The molecule has 0 spiro atoms. The highest BCUT2D eigenvalue weighted by molar-refractivity contribution is 9.10. The van der Waals surface area contributed by atoms with Gasteiger partial charge < -0.3 is 10.2 Å². The lowest BCUT2D eigenvalue weighted by atomic mass is 10.1. The predicted molar refractivity (Wildman–Crippen MR) is 88.6 cm³/mol. The van der Waals surface area contributed by atoms with Crippen molar-refractivity contribution in [2.24, 2.45) is 5.10 Å². The predicted octanol–water partition coefficient (Wildman–Crippen LogP) is 1.66. The third-order valence-corrected chi connectivity index (χ3v) is 4.79. The Labute approximate surface area is 141 Å². The third-order valence-electron chi connectivity index (χ3n) is 3.02. The minimum Gasteiger partial charge on any atom is -0.505 e. The molecule has 9 heteroatoms. The number of nitrogens with one attached hydrogen (secondary N) is 1. The van der Waals surface area contributed by atoms with Crippen LogP contribution in [0.25, 0.3) is 0 Å². The van der Waals surface area contributed by atoms with Gasteiger partial charge in [-0.1, -0.05) is 15.9 Å². The van der Waals surface area contributed by atoms with E-state index >= 15 is 0 Å². The van der Waals surface area contributed by atoms with Gasteiger partial charge in [-0.2, -0.15) is 13.5 Å². The quantitative estimate of drug-likeness (QED) is 0.522. The maximum absolute atomic E-state index is 12.1. The van der Waals surface area contributed by atoms with Gasteiger partial charge in [-0.3, -0.25) is 4.98 Å². The first kappa shape index (κ1) is 17.4. The summed E-state index contributed by atoms with van der Waals surface area (Å²) in [6.07, 6.45) is 2.52. The van der Waals surface area contributed by atoms with Crippen molar-refractivity contribution in [1.29, 1.82) is 0 Å². The van der Waals surface area contributed by atoms with Crippen LogP contribution in [0.5, 0.6) is 5.75 Å². The molecule has 0 unspecified atom stereocenters. The largest absolute Gasteiger partial charge is 0.505 e. The molecule has 0 aliphatic rings. The fraction of sp³-hybridized carbons (Fsp3) is 0.143. The number of aliphatic hydroxyl groups excluding tert-OH is 1. The minimum atomic E-state index is -3.82. The second-order valence-electron chi connectivity index (χ2n) is 4.60. The number of hydrogen-bond acceptors (Lipinski definition) is 6. The molecule has 0 radical (unpaired) electrons. The van der Waals surface area contributed by atoms with Crippen molar-refractivity contribution < 1.29 is 18.6 Å². The Balaban J connectivity index is 2.25. The van der Waals surface area contributed by atoms with Gasteiger partial charge in [0.05, 0.1) is 23.4 Å². The van der Waals surface area contributed by atoms with Crippen LogP contribution in [0.2, 0.25) is 0 Å². The van der Waals surface area contributed by atoms with E-state index in [1.54, 1.807) is 19.1 Å². The summed E-state index contributed by atoms with van der Waals surface area (Å²) in [6.45, 7) is 1.22. The van der Waals surface area contributed by atoms with Crippen molar-refractivity contribution in [2.45, 2.75) is 18.4 Å². The van der Waals surface area contributed by atoms with Crippen molar-refractivity contribution in [2.75, 3.05) is 0 Å². The highest BCUT2D eigenvalue weighted by Crippen LogP contribution is 2.22. The lowest BCUT2D eigenvalue weighted by molar-refractivity contribution is 0.280. The molecule has 2 aromatic rings. The zero-order valence-corrected chi connectivity index (χ0v) is 14.5. The first-order chi connectivity index (χ1) is 10.8. The summed E-state index contributed by atoms with van der Waals surface area (Å²) in [4.78, 5) is 6.01. The van der Waals surface area contributed by atoms with Crippen molar-refractivity contribution >= 4 is 32.2 Å². The molecule has 0 amide bonds. The molecule has 0 bridgehead atoms. The zero-order chi connectivity index (χ0) is 17.0. The van der Waals surface area contributed by atoms with Crippen LogP contribution in [0, 0.1) is 6.92 Å². The van der Waals surface area contributed by atoms with E-state index in [-0.39, 0.29) is 22.8 Å². The molecule has 1 heterocycles. The Kier molecular flexibility index (Phi) is 5.34. The Morgan fingerprint density at radius 3 is 2.61 bits per heavy atom. The van der Waals surface area contributed by atoms with E-state index in [1.165, 1.54) is 18.3 Å². The molecule has 3 N–H and O–H groups in total. The number of aromatic nitrogens is 1. The first-order valence-corrected chi connectivity index (χ1v) is 8.71. The summed E-state index contributed by atoms with van der Waals surface area (Å²) in [5, 5.41) is 22.8. The second kappa shape index (κ2) is 7.07. The molecule has 0 atom stereocenters. The maximum Gasteiger partial charge on any atom is 0.276 e. The lowest BCUT2D eigenvalue weighted by Crippen LogP contribution is -2.18. The standard InChI is InChI=1S/C14H14BrN3O4S/c1-9-14(20)13(10(8-19)6-16-9)7-17-18-23(21,22)12-4-2-11(15)3-5-12/h2-7,18-20H,8H2,1H3. The van der Waals surface area contributed by atoms with E-state index in [9.17, 15) is 18.6 Å². The number of hydrazone groups is 1. The summed E-state index contributed by atoms with van der Waals surface area (Å²) in [7, 11) is -3.82. The number of aryl methyl sites for hydroxylation is 1. The summed E-state index contributed by atoms with van der Waals surface area (Å²) in [5.74, 6) is -0.164. The molecular weight excluding hydrogens is 386 g/mol. The Morgan fingerprint density at radius 2 is 2.00 bits per heavy atom. The van der Waals surface area contributed by atoms with Crippen LogP contribution in [0.4, 0.5) is 0 Å². The molecule has 1 aromatic carbocycles. The van der Waals surface area contributed by atoms with Crippen LogP contribution in [0.15, 0.2) is 44.9 Å². The van der Waals surface area contributed by atoms with Gasteiger partial charge in [0.15, 0.2) is 0 Å². The molecule has 0 aliphatic carbocycles. The number of rotatable bonds is 5. The highest BCUT2D eigenvalue weighted by Gasteiger charge is 2.13.